The number of hydrogen-bond donors (Lipinski definition) is 3. The lowest BCUT2D eigenvalue weighted by atomic mass is 10.0. The second kappa shape index (κ2) is 9.34. The number of nitrogen functional groups attached to an aromatic ring is 1. The van der Waals surface area contributed by atoms with Gasteiger partial charge in [-0.2, -0.15) is 0 Å². The standard InChI is InChI=1S/C22H21BrN6O2/c1-13(31-8-7-30)28-19-6-5-15(11-25-19)18-10-17(14-3-2-4-16(23)9-14)20-21(24)26-12-27-22(20)29-18/h2-6,9-13,30H,7-8H2,1H3,(H,25,28)(H2,24,26,27,29). The van der Waals surface area contributed by atoms with E-state index >= 15 is 0 Å². The summed E-state index contributed by atoms with van der Waals surface area (Å²) >= 11 is 3.53. The average molecular weight is 481 g/mol. The summed E-state index contributed by atoms with van der Waals surface area (Å²) in [5.41, 5.74) is 10.1. The molecule has 0 fully saturated rings. The molecule has 0 amide bonds. The molecule has 0 saturated carbocycles. The third-order valence-electron chi connectivity index (χ3n) is 4.64. The van der Waals surface area contributed by atoms with Gasteiger partial charge in [0, 0.05) is 16.2 Å². The van der Waals surface area contributed by atoms with Crippen LogP contribution < -0.4 is 11.1 Å². The molecular formula is C22H21BrN6O2. The van der Waals surface area contributed by atoms with Crippen molar-refractivity contribution in [2.24, 2.45) is 0 Å². The second-order valence-corrected chi connectivity index (χ2v) is 7.75. The fraction of sp³-hybridized carbons (Fsp3) is 0.182. The molecule has 0 spiro atoms. The molecule has 0 radical (unpaired) electrons. The maximum absolute atomic E-state index is 8.86. The number of pyridine rings is 2. The lowest BCUT2D eigenvalue weighted by Crippen LogP contribution is -2.21. The van der Waals surface area contributed by atoms with Crippen molar-refractivity contribution in [3.05, 3.63) is 59.5 Å². The van der Waals surface area contributed by atoms with E-state index in [4.69, 9.17) is 20.6 Å². The minimum atomic E-state index is -0.271. The zero-order valence-electron chi connectivity index (χ0n) is 16.8. The maximum atomic E-state index is 8.86. The first-order valence-corrected chi connectivity index (χ1v) is 10.5. The van der Waals surface area contributed by atoms with Crippen molar-refractivity contribution >= 4 is 38.6 Å². The smallest absolute Gasteiger partial charge is 0.165 e. The number of benzene rings is 1. The number of fused-ring (bicyclic) bond motifs is 1. The Kier molecular flexibility index (Phi) is 6.36. The second-order valence-electron chi connectivity index (χ2n) is 6.84. The van der Waals surface area contributed by atoms with Gasteiger partial charge in [0.15, 0.2) is 5.65 Å². The van der Waals surface area contributed by atoms with E-state index in [0.717, 1.165) is 26.9 Å². The highest BCUT2D eigenvalue weighted by Gasteiger charge is 2.14. The number of nitrogens with two attached hydrogens (primary N) is 1. The number of aliphatic hydroxyl groups excluding tert-OH is 1. The highest BCUT2D eigenvalue weighted by atomic mass is 79.9. The Bertz CT molecular complexity index is 1200. The van der Waals surface area contributed by atoms with Crippen molar-refractivity contribution in [1.82, 2.24) is 19.9 Å². The van der Waals surface area contributed by atoms with Crippen LogP contribution in [0.4, 0.5) is 11.6 Å². The summed E-state index contributed by atoms with van der Waals surface area (Å²) in [6.07, 6.45) is 2.88. The first-order chi connectivity index (χ1) is 15.0. The van der Waals surface area contributed by atoms with Gasteiger partial charge in [-0.1, -0.05) is 28.1 Å². The fourth-order valence-electron chi connectivity index (χ4n) is 3.23. The molecule has 0 aliphatic rings. The monoisotopic (exact) mass is 480 g/mol. The van der Waals surface area contributed by atoms with E-state index < -0.39 is 0 Å². The third-order valence-corrected chi connectivity index (χ3v) is 5.13. The van der Waals surface area contributed by atoms with Crippen LogP contribution in [0.15, 0.2) is 59.5 Å². The van der Waals surface area contributed by atoms with Crippen LogP contribution in [0, 0.1) is 0 Å². The number of rotatable bonds is 7. The quantitative estimate of drug-likeness (QED) is 0.341. The highest BCUT2D eigenvalue weighted by Crippen LogP contribution is 2.34. The summed E-state index contributed by atoms with van der Waals surface area (Å²) in [5, 5.41) is 12.7. The van der Waals surface area contributed by atoms with Crippen molar-refractivity contribution in [2.45, 2.75) is 13.2 Å². The van der Waals surface area contributed by atoms with E-state index in [-0.39, 0.29) is 19.4 Å². The van der Waals surface area contributed by atoms with Gasteiger partial charge < -0.3 is 20.9 Å². The van der Waals surface area contributed by atoms with Crippen LogP contribution in [0.3, 0.4) is 0 Å². The van der Waals surface area contributed by atoms with E-state index in [1.165, 1.54) is 6.33 Å². The number of aliphatic hydroxyl groups is 1. The molecule has 0 aliphatic heterocycles. The normalized spacial score (nSPS) is 12.1. The molecule has 0 bridgehead atoms. The van der Waals surface area contributed by atoms with Gasteiger partial charge in [0.05, 0.1) is 24.3 Å². The molecule has 1 aromatic carbocycles. The first-order valence-electron chi connectivity index (χ1n) is 9.67. The molecule has 31 heavy (non-hydrogen) atoms. The van der Waals surface area contributed by atoms with Crippen molar-refractivity contribution < 1.29 is 9.84 Å². The van der Waals surface area contributed by atoms with Gasteiger partial charge in [0.2, 0.25) is 0 Å². The third kappa shape index (κ3) is 4.79. The highest BCUT2D eigenvalue weighted by molar-refractivity contribution is 9.10. The van der Waals surface area contributed by atoms with Gasteiger partial charge in [-0.25, -0.2) is 19.9 Å². The van der Waals surface area contributed by atoms with Crippen LogP contribution in [0.2, 0.25) is 0 Å². The summed E-state index contributed by atoms with van der Waals surface area (Å²) < 4.78 is 6.36. The van der Waals surface area contributed by atoms with Crippen LogP contribution in [0.1, 0.15) is 6.92 Å². The molecule has 0 aliphatic carbocycles. The zero-order valence-corrected chi connectivity index (χ0v) is 18.4. The fourth-order valence-corrected chi connectivity index (χ4v) is 3.63. The predicted molar refractivity (Wildman–Crippen MR) is 124 cm³/mol. The maximum Gasteiger partial charge on any atom is 0.165 e. The summed E-state index contributed by atoms with van der Waals surface area (Å²) in [7, 11) is 0. The first kappa shape index (κ1) is 21.1. The Labute approximate surface area is 187 Å². The summed E-state index contributed by atoms with van der Waals surface area (Å²) in [6.45, 7) is 2.08. The molecule has 158 valence electrons. The summed E-state index contributed by atoms with van der Waals surface area (Å²) in [6, 6.07) is 13.7. The van der Waals surface area contributed by atoms with Crippen LogP contribution in [-0.4, -0.2) is 44.5 Å². The van der Waals surface area contributed by atoms with Crippen LogP contribution in [0.5, 0.6) is 0 Å². The van der Waals surface area contributed by atoms with E-state index in [9.17, 15) is 0 Å². The SMILES string of the molecule is CC(Nc1ccc(-c2cc(-c3cccc(Br)c3)c3c(N)ncnc3n2)cn1)OCCO. The number of halogens is 1. The largest absolute Gasteiger partial charge is 0.394 e. The van der Waals surface area contributed by atoms with Gasteiger partial charge in [-0.05, 0) is 48.4 Å². The van der Waals surface area contributed by atoms with Crippen LogP contribution in [0.25, 0.3) is 33.4 Å². The van der Waals surface area contributed by atoms with Crippen LogP contribution in [-0.2, 0) is 4.74 Å². The Balaban J connectivity index is 1.73. The minimum absolute atomic E-state index is 0.0274. The van der Waals surface area contributed by atoms with Gasteiger partial charge in [0.1, 0.15) is 24.2 Å². The molecule has 4 rings (SSSR count). The Morgan fingerprint density at radius 2 is 2.00 bits per heavy atom. The minimum Gasteiger partial charge on any atom is -0.394 e. The average Bonchev–Trinajstić information content (AvgIpc) is 2.77. The summed E-state index contributed by atoms with van der Waals surface area (Å²) in [5.74, 6) is 1.04. The molecule has 4 aromatic rings. The Morgan fingerprint density at radius 3 is 2.74 bits per heavy atom. The predicted octanol–water partition coefficient (Wildman–Crippen LogP) is 3.87. The molecule has 1 atom stereocenters. The van der Waals surface area contributed by atoms with E-state index in [2.05, 4.69) is 36.2 Å². The van der Waals surface area contributed by atoms with Gasteiger partial charge in [-0.15, -0.1) is 0 Å². The van der Waals surface area contributed by atoms with Crippen LogP contribution >= 0.6 is 15.9 Å². The molecule has 8 nitrogen and oxygen atoms in total. The lowest BCUT2D eigenvalue weighted by Gasteiger charge is -2.15. The topological polar surface area (TPSA) is 119 Å². The van der Waals surface area contributed by atoms with E-state index in [0.29, 0.717) is 22.7 Å². The van der Waals surface area contributed by atoms with Crippen molar-refractivity contribution in [1.29, 1.82) is 0 Å². The lowest BCUT2D eigenvalue weighted by molar-refractivity contribution is 0.0540. The van der Waals surface area contributed by atoms with Crippen molar-refractivity contribution in [3.63, 3.8) is 0 Å². The number of nitrogens with zero attached hydrogens (tertiary/aromatic N) is 4. The molecule has 0 saturated heterocycles. The Morgan fingerprint density at radius 1 is 1.13 bits per heavy atom. The van der Waals surface area contributed by atoms with E-state index in [1.54, 1.807) is 6.20 Å². The number of ether oxygens (including phenoxy) is 1. The molecule has 4 N–H and O–H groups in total. The molecule has 3 aromatic heterocycles. The van der Waals surface area contributed by atoms with E-state index in [1.807, 2.05) is 49.4 Å². The molecule has 9 heteroatoms. The van der Waals surface area contributed by atoms with Gasteiger partial charge in [-0.3, -0.25) is 0 Å². The Hall–Kier alpha value is -3.14. The van der Waals surface area contributed by atoms with Gasteiger partial charge in [0.25, 0.3) is 0 Å². The number of anilines is 2. The van der Waals surface area contributed by atoms with Crippen molar-refractivity contribution in [3.8, 4) is 22.4 Å². The van der Waals surface area contributed by atoms with Gasteiger partial charge >= 0.3 is 0 Å². The number of hydrogen-bond acceptors (Lipinski definition) is 8. The number of aromatic nitrogens is 4. The molecule has 3 heterocycles. The number of nitrogens with one attached hydrogen (secondary N) is 1. The summed E-state index contributed by atoms with van der Waals surface area (Å²) in [4.78, 5) is 17.6. The molecule has 1 unspecified atom stereocenters. The van der Waals surface area contributed by atoms with Crippen molar-refractivity contribution in [2.75, 3.05) is 24.3 Å². The zero-order chi connectivity index (χ0) is 21.8. The molecular weight excluding hydrogens is 460 g/mol.